The minimum Gasteiger partial charge on any atom is -0.462 e. The Morgan fingerprint density at radius 3 is 1.17 bits per heavy atom. The second-order valence-electron chi connectivity index (χ2n) is 41.2. The van der Waals surface area contributed by atoms with Gasteiger partial charge in [-0.15, -0.1) is 0 Å². The lowest BCUT2D eigenvalue weighted by Crippen LogP contribution is -2.23. The summed E-state index contributed by atoms with van der Waals surface area (Å²) < 4.78 is 106. The molecule has 0 N–H and O–H groups in total. The van der Waals surface area contributed by atoms with Crippen LogP contribution < -0.4 is 4.74 Å². The Kier molecular flexibility index (Phi) is 56.0. The molecule has 774 valence electrons. The van der Waals surface area contributed by atoms with E-state index in [1.54, 1.807) is 44.2 Å². The second kappa shape index (κ2) is 64.0. The maximum atomic E-state index is 13.7. The Morgan fingerprint density at radius 2 is 0.748 bits per heavy atom. The summed E-state index contributed by atoms with van der Waals surface area (Å²) in [5, 5.41) is 0. The number of benzene rings is 12. The van der Waals surface area contributed by atoms with Crippen LogP contribution >= 0.6 is 0 Å². The third-order valence-corrected chi connectivity index (χ3v) is 23.5. The number of fused-ring (bicyclic) bond motifs is 1. The number of para-hydroxylation sites is 1. The van der Waals surface area contributed by atoms with E-state index >= 15 is 0 Å². The molecular formula is C129H168F7NO6. The topological polar surface area (TPSA) is 82.1 Å². The number of unbranched alkanes of at least 4 members (excludes halogenated alkanes) is 2. The highest BCUT2D eigenvalue weighted by atomic mass is 19.2. The number of hydrogen-bond acceptors (Lipinski definition) is 6. The van der Waals surface area contributed by atoms with Crippen LogP contribution in [0.2, 0.25) is 0 Å². The van der Waals surface area contributed by atoms with Gasteiger partial charge in [0.25, 0.3) is 5.91 Å². The van der Waals surface area contributed by atoms with Gasteiger partial charge in [-0.25, -0.2) is 40.3 Å². The predicted molar refractivity (Wildman–Crippen MR) is 590 cm³/mol. The number of hydrogen-bond donors (Lipinski definition) is 0. The average Bonchev–Trinajstić information content (AvgIpc) is 1.63. The molecule has 0 aliphatic carbocycles. The van der Waals surface area contributed by atoms with Gasteiger partial charge in [-0.3, -0.25) is 4.79 Å². The molecule has 143 heavy (non-hydrogen) atoms. The zero-order valence-electron chi connectivity index (χ0n) is 92.3. The van der Waals surface area contributed by atoms with Gasteiger partial charge >= 0.3 is 11.9 Å². The van der Waals surface area contributed by atoms with Crippen LogP contribution in [0.15, 0.2) is 261 Å². The number of carbonyl (C=O) groups excluding carboxylic acids is 3. The molecule has 0 saturated carbocycles. The van der Waals surface area contributed by atoms with E-state index in [9.17, 15) is 45.1 Å². The van der Waals surface area contributed by atoms with E-state index in [4.69, 9.17) is 14.2 Å². The van der Waals surface area contributed by atoms with Crippen molar-refractivity contribution in [1.82, 2.24) is 4.90 Å². The summed E-state index contributed by atoms with van der Waals surface area (Å²) in [6, 6.07) is 78.9. The van der Waals surface area contributed by atoms with Crippen LogP contribution in [-0.2, 0) is 14.9 Å². The summed E-state index contributed by atoms with van der Waals surface area (Å²) >= 11 is 0. The SMILES string of the molecule is C=C1c2cc(C(C)C)ccc2C(=O)N1CCCC.CC(C)COC(=O)c1cc(C(C)C)ccc1F.CC(C)c1ccc(C(C)(C)C)cc1.CC(C)c1ccc(F)cc1F.CCCCOC(=O)c1ccc(C(C)C)cc1F.Cc1cc(C(C)C)ccc1F.Cc1cc(C(C)C)ccc1F.Cc1cc(F)cc(C(C)C)c1.Cc1ccc(Oc2ccccc2)cc1.Cc1cccc(C(C)C)c1.Cc1cccc(C(C)C)c1. The Bertz CT molecular complexity index is 5670. The zero-order chi connectivity index (χ0) is 108. The lowest BCUT2D eigenvalue weighted by molar-refractivity contribution is 0.0451. The van der Waals surface area contributed by atoms with Crippen LogP contribution in [0.1, 0.15) is 403 Å². The number of aryl methyl sites for hydroxylation is 6. The van der Waals surface area contributed by atoms with E-state index in [1.165, 1.54) is 98.1 Å². The summed E-state index contributed by atoms with van der Waals surface area (Å²) in [5.41, 5.74) is 22.2. The fourth-order valence-corrected chi connectivity index (χ4v) is 13.9. The normalized spacial score (nSPS) is 11.2. The third-order valence-electron chi connectivity index (χ3n) is 23.5. The molecule has 0 fully saturated rings. The first-order valence-electron chi connectivity index (χ1n) is 51.0. The fourth-order valence-electron chi connectivity index (χ4n) is 13.9. The van der Waals surface area contributed by atoms with E-state index in [0.29, 0.717) is 60.2 Å². The molecule has 0 spiro atoms. The number of carbonyl (C=O) groups is 3. The first kappa shape index (κ1) is 125. The number of nitrogens with zero attached hydrogens (tertiary/aromatic N) is 1. The van der Waals surface area contributed by atoms with Crippen LogP contribution in [0.25, 0.3) is 5.70 Å². The van der Waals surface area contributed by atoms with Crippen molar-refractivity contribution < 1.29 is 59.3 Å². The highest BCUT2D eigenvalue weighted by Crippen LogP contribution is 2.35. The van der Waals surface area contributed by atoms with Gasteiger partial charge in [0.05, 0.1) is 24.3 Å². The monoisotopic (exact) mass is 1960 g/mol. The van der Waals surface area contributed by atoms with Crippen molar-refractivity contribution >= 4 is 23.5 Å². The van der Waals surface area contributed by atoms with Gasteiger partial charge in [0.15, 0.2) is 0 Å². The molecule has 14 heteroatoms. The van der Waals surface area contributed by atoms with Crippen molar-refractivity contribution in [3.05, 3.63) is 419 Å². The smallest absolute Gasteiger partial charge is 0.341 e. The van der Waals surface area contributed by atoms with Gasteiger partial charge in [-0.2, -0.15) is 0 Å². The predicted octanol–water partition coefficient (Wildman–Crippen LogP) is 38.7. The standard InChI is InChI=1S/C16H21NO.2C14H19FO2.C13H12O.C13H20.3C10H13F.2C10H14.C9H10F2/c1-5-6-9-17-12(4)15-10-13(11(2)3)7-8-14(15)16(17)18;1-9(2)8-17-14(16)12-7-11(10(3)4)5-6-13(12)15;1-4-5-8-17-14(16)12-7-6-11(10(2)3)9-13(12)15;1-11-7-9-13(10-8-11)14-12-5-3-2-4-6-12;1-10(2)11-6-8-12(9-7-11)13(3,4)5;1-7(2)9-4-8(3)5-10(11)6-9;2*1-7(2)9-4-5-10(11)8(3)6-9;2*1-8(2)10-6-4-5-9(3)7-10;1-6(2)8-4-3-7(10)5-9(8)11/h7-8,10-11H,4-6,9H2,1-3H3;5-7,9-10H,8H2,1-4H3;6-7,9-10H,4-5,8H2,1-3H3;2-10H,1H3;6-10H,1-5H3;3*4-7H,1-3H3;2*4-8H,1-3H3;3-6H,1-2H3. The van der Waals surface area contributed by atoms with Gasteiger partial charge in [-0.05, 0) is 294 Å². The molecule has 0 aromatic heterocycles. The maximum absolute atomic E-state index is 13.7. The summed E-state index contributed by atoms with van der Waals surface area (Å²) in [6.07, 6.45) is 3.86. The van der Waals surface area contributed by atoms with Crippen molar-refractivity contribution in [3.8, 4) is 11.5 Å². The quantitative estimate of drug-likeness (QED) is 0.0382. The molecule has 0 bridgehead atoms. The van der Waals surface area contributed by atoms with Crippen molar-refractivity contribution in [2.45, 2.75) is 319 Å². The lowest BCUT2D eigenvalue weighted by atomic mass is 9.86. The number of rotatable bonds is 22. The number of esters is 2. The third kappa shape index (κ3) is 46.6. The van der Waals surface area contributed by atoms with Crippen molar-refractivity contribution in [3.63, 3.8) is 0 Å². The van der Waals surface area contributed by atoms with Crippen LogP contribution in [0.4, 0.5) is 30.7 Å². The lowest BCUT2D eigenvalue weighted by Gasteiger charge is -2.19. The van der Waals surface area contributed by atoms with E-state index in [-0.39, 0.29) is 63.6 Å². The first-order valence-corrected chi connectivity index (χ1v) is 51.0. The van der Waals surface area contributed by atoms with Crippen molar-refractivity contribution in [2.24, 2.45) is 5.92 Å². The molecule has 12 aromatic rings. The molecule has 1 heterocycles. The molecular weight excluding hydrogens is 1790 g/mol. The van der Waals surface area contributed by atoms with Gasteiger partial charge < -0.3 is 19.1 Å². The Morgan fingerprint density at radius 1 is 0.329 bits per heavy atom. The summed E-state index contributed by atoms with van der Waals surface area (Å²) in [6.45, 7) is 74.0. The molecule has 1 aliphatic rings. The van der Waals surface area contributed by atoms with Gasteiger partial charge in [0, 0.05) is 29.4 Å². The van der Waals surface area contributed by atoms with Crippen molar-refractivity contribution in [1.29, 1.82) is 0 Å². The van der Waals surface area contributed by atoms with Crippen LogP contribution in [0.5, 0.6) is 11.5 Å². The molecule has 0 unspecified atom stereocenters. The Balaban J connectivity index is 0.000000407. The highest BCUT2D eigenvalue weighted by molar-refractivity contribution is 6.09. The molecule has 0 radical (unpaired) electrons. The van der Waals surface area contributed by atoms with Gasteiger partial charge in [0.1, 0.15) is 52.2 Å². The number of ether oxygens (including phenoxy) is 3. The van der Waals surface area contributed by atoms with Gasteiger partial charge in [0.2, 0.25) is 0 Å². The second-order valence-corrected chi connectivity index (χ2v) is 41.2. The molecule has 1 aliphatic heterocycles. The van der Waals surface area contributed by atoms with Crippen molar-refractivity contribution in [2.75, 3.05) is 19.8 Å². The number of amides is 1. The van der Waals surface area contributed by atoms with E-state index in [0.717, 1.165) is 100.0 Å². The minimum atomic E-state index is -0.585. The molecule has 7 nitrogen and oxygen atoms in total. The zero-order valence-corrected chi connectivity index (χ0v) is 92.3. The minimum absolute atomic E-state index is 0.0190. The largest absolute Gasteiger partial charge is 0.462 e. The Hall–Kier alpha value is -11.9. The Labute approximate surface area is 857 Å². The first-order chi connectivity index (χ1) is 67.1. The highest BCUT2D eigenvalue weighted by Gasteiger charge is 2.31. The molecule has 12 aromatic carbocycles. The average molecular weight is 1960 g/mol. The van der Waals surface area contributed by atoms with E-state index < -0.39 is 35.2 Å². The summed E-state index contributed by atoms with van der Waals surface area (Å²) in [7, 11) is 0. The van der Waals surface area contributed by atoms with E-state index in [2.05, 4.69) is 237 Å². The summed E-state index contributed by atoms with van der Waals surface area (Å²) in [5.74, 6) is 2.96. The maximum Gasteiger partial charge on any atom is 0.341 e. The fraction of sp³-hybridized carbons (Fsp3) is 0.403. The number of halogens is 7. The molecule has 1 amide bonds. The van der Waals surface area contributed by atoms with Gasteiger partial charge in [-0.1, -0.05) is 381 Å². The van der Waals surface area contributed by atoms with Crippen LogP contribution in [0, 0.1) is 88.2 Å². The van der Waals surface area contributed by atoms with Crippen LogP contribution in [0.3, 0.4) is 0 Å². The summed E-state index contributed by atoms with van der Waals surface area (Å²) in [4.78, 5) is 37.3. The van der Waals surface area contributed by atoms with Crippen LogP contribution in [-0.4, -0.2) is 42.5 Å². The molecule has 0 atom stereocenters. The molecule has 0 saturated heterocycles. The molecule has 13 rings (SSSR count). The van der Waals surface area contributed by atoms with E-state index in [1.807, 2.05) is 165 Å².